The van der Waals surface area contributed by atoms with Crippen LogP contribution in [0.25, 0.3) is 0 Å². The van der Waals surface area contributed by atoms with Crippen LogP contribution in [0.3, 0.4) is 0 Å². The van der Waals surface area contributed by atoms with Gasteiger partial charge in [-0.25, -0.2) is 4.79 Å². The molecule has 1 N–H and O–H groups in total. The third-order valence-corrected chi connectivity index (χ3v) is 7.36. The van der Waals surface area contributed by atoms with Crippen molar-refractivity contribution in [2.24, 2.45) is 0 Å². The van der Waals surface area contributed by atoms with Crippen molar-refractivity contribution in [2.75, 3.05) is 20.6 Å². The van der Waals surface area contributed by atoms with Gasteiger partial charge >= 0.3 is 5.97 Å². The number of aliphatic carboxylic acids is 1. The quantitative estimate of drug-likeness (QED) is 0.139. The Morgan fingerprint density at radius 1 is 0.600 bits per heavy atom. The summed E-state index contributed by atoms with van der Waals surface area (Å²) in [7, 11) is 4.09. The number of carboxylic acids is 1. The van der Waals surface area contributed by atoms with Crippen molar-refractivity contribution >= 4 is 5.97 Å². The summed E-state index contributed by atoms with van der Waals surface area (Å²) >= 11 is 0. The third kappa shape index (κ3) is 14.4. The number of quaternary nitrogens is 1. The van der Waals surface area contributed by atoms with E-state index in [4.69, 9.17) is 0 Å². The monoisotopic (exact) mass is 426 g/mol. The Kier molecular flexibility index (Phi) is 17.7. The van der Waals surface area contributed by atoms with Gasteiger partial charge in [-0.2, -0.15) is 0 Å². The summed E-state index contributed by atoms with van der Waals surface area (Å²) in [6.45, 7) is 6.91. The Labute approximate surface area is 189 Å². The second kappa shape index (κ2) is 18.0. The summed E-state index contributed by atoms with van der Waals surface area (Å²) in [5.74, 6) is -0.703. The molecule has 0 aliphatic heterocycles. The first-order valence-electron chi connectivity index (χ1n) is 13.3. The molecular weight excluding hydrogens is 370 g/mol. The molecule has 0 unspecified atom stereocenters. The Morgan fingerprint density at radius 3 is 1.13 bits per heavy atom. The van der Waals surface area contributed by atoms with Crippen molar-refractivity contribution in [3.63, 3.8) is 0 Å². The van der Waals surface area contributed by atoms with E-state index < -0.39 is 11.5 Å². The van der Waals surface area contributed by atoms with E-state index in [2.05, 4.69) is 6.92 Å². The number of carbonyl (C=O) groups is 1. The molecular formula is C27H56NO2+. The first kappa shape index (κ1) is 29.4. The normalized spacial score (nSPS) is 12.4. The molecule has 0 rings (SSSR count). The molecule has 0 aromatic carbocycles. The van der Waals surface area contributed by atoms with Crippen LogP contribution in [0.2, 0.25) is 0 Å². The van der Waals surface area contributed by atoms with Crippen molar-refractivity contribution in [2.45, 2.75) is 148 Å². The van der Waals surface area contributed by atoms with Crippen LogP contribution in [0.15, 0.2) is 0 Å². The van der Waals surface area contributed by atoms with Crippen molar-refractivity contribution in [3.05, 3.63) is 0 Å². The molecule has 3 nitrogen and oxygen atoms in total. The van der Waals surface area contributed by atoms with Gasteiger partial charge in [-0.15, -0.1) is 0 Å². The highest BCUT2D eigenvalue weighted by atomic mass is 16.4. The summed E-state index contributed by atoms with van der Waals surface area (Å²) in [5.41, 5.74) is -0.714. The Hall–Kier alpha value is -0.570. The van der Waals surface area contributed by atoms with Crippen LogP contribution in [-0.4, -0.2) is 41.7 Å². The van der Waals surface area contributed by atoms with Gasteiger partial charge in [-0.3, -0.25) is 0 Å². The van der Waals surface area contributed by atoms with Gasteiger partial charge < -0.3 is 9.59 Å². The highest BCUT2D eigenvalue weighted by Gasteiger charge is 2.43. The average Bonchev–Trinajstić information content (AvgIpc) is 2.69. The first-order chi connectivity index (χ1) is 14.3. The Morgan fingerprint density at radius 2 is 0.867 bits per heavy atom. The van der Waals surface area contributed by atoms with Crippen molar-refractivity contribution in [3.8, 4) is 0 Å². The van der Waals surface area contributed by atoms with Gasteiger partial charge in [0.1, 0.15) is 0 Å². The fraction of sp³-hybridized carbons (Fsp3) is 0.963. The minimum Gasteiger partial charge on any atom is -0.477 e. The van der Waals surface area contributed by atoms with E-state index in [9.17, 15) is 9.90 Å². The van der Waals surface area contributed by atoms with Crippen LogP contribution in [0.4, 0.5) is 0 Å². The zero-order chi connectivity index (χ0) is 22.7. The largest absolute Gasteiger partial charge is 0.477 e. The fourth-order valence-electron chi connectivity index (χ4n) is 4.12. The minimum atomic E-state index is -0.714. The van der Waals surface area contributed by atoms with E-state index in [0.717, 1.165) is 13.0 Å². The second-order valence-corrected chi connectivity index (χ2v) is 10.6. The van der Waals surface area contributed by atoms with E-state index in [1.165, 1.54) is 116 Å². The summed E-state index contributed by atoms with van der Waals surface area (Å²) < 4.78 is 0.557. The molecule has 0 bridgehead atoms. The molecule has 0 saturated heterocycles. The predicted molar refractivity (Wildman–Crippen MR) is 132 cm³/mol. The third-order valence-electron chi connectivity index (χ3n) is 7.36. The molecule has 0 fully saturated rings. The zero-order valence-electron chi connectivity index (χ0n) is 21.4. The molecule has 0 aliphatic carbocycles. The lowest BCUT2D eigenvalue weighted by atomic mass is 9.99. The molecule has 0 heterocycles. The molecule has 0 aromatic heterocycles. The fourth-order valence-corrected chi connectivity index (χ4v) is 4.12. The number of nitrogens with zero attached hydrogens (tertiary/aromatic N) is 1. The average molecular weight is 427 g/mol. The maximum Gasteiger partial charge on any atom is 0.365 e. The summed E-state index contributed by atoms with van der Waals surface area (Å²) in [6, 6.07) is 0. The number of likely N-dealkylation sites (N-methyl/N-ethyl adjacent to an activating group) is 1. The van der Waals surface area contributed by atoms with Gasteiger partial charge in [-0.05, 0) is 12.8 Å². The Bertz CT molecular complexity index is 404. The van der Waals surface area contributed by atoms with Gasteiger partial charge in [0.05, 0.1) is 20.6 Å². The number of unbranched alkanes of at least 4 members (excludes halogenated alkanes) is 18. The topological polar surface area (TPSA) is 37.3 Å². The maximum absolute atomic E-state index is 11.5. The first-order valence-corrected chi connectivity index (χ1v) is 13.3. The molecule has 0 saturated carbocycles. The van der Waals surface area contributed by atoms with E-state index in [-0.39, 0.29) is 0 Å². The second-order valence-electron chi connectivity index (χ2n) is 10.6. The Balaban J connectivity index is 3.33. The van der Waals surface area contributed by atoms with Crippen LogP contribution in [0.5, 0.6) is 0 Å². The lowest BCUT2D eigenvalue weighted by Crippen LogP contribution is -2.60. The number of rotatable bonds is 22. The number of hydrogen-bond donors (Lipinski definition) is 1. The lowest BCUT2D eigenvalue weighted by molar-refractivity contribution is -0.928. The van der Waals surface area contributed by atoms with Gasteiger partial charge in [-0.1, -0.05) is 116 Å². The maximum atomic E-state index is 11.5. The molecule has 0 aliphatic rings. The molecule has 180 valence electrons. The van der Waals surface area contributed by atoms with Crippen LogP contribution in [0, 0.1) is 0 Å². The highest BCUT2D eigenvalue weighted by Crippen LogP contribution is 2.22. The van der Waals surface area contributed by atoms with Crippen LogP contribution < -0.4 is 0 Å². The predicted octanol–water partition coefficient (Wildman–Crippen LogP) is 8.36. The molecule has 0 spiro atoms. The molecule has 30 heavy (non-hydrogen) atoms. The van der Waals surface area contributed by atoms with Gasteiger partial charge in [0, 0.05) is 13.8 Å². The van der Waals surface area contributed by atoms with Crippen molar-refractivity contribution in [1.82, 2.24) is 0 Å². The summed E-state index contributed by atoms with van der Waals surface area (Å²) in [6.07, 6.45) is 26.4. The molecule has 0 aromatic rings. The van der Waals surface area contributed by atoms with Gasteiger partial charge in [0.2, 0.25) is 0 Å². The van der Waals surface area contributed by atoms with Crippen molar-refractivity contribution < 1.29 is 14.4 Å². The van der Waals surface area contributed by atoms with Gasteiger partial charge in [0.15, 0.2) is 5.54 Å². The molecule has 0 amide bonds. The number of hydrogen-bond acceptors (Lipinski definition) is 1. The van der Waals surface area contributed by atoms with Crippen LogP contribution in [0.1, 0.15) is 143 Å². The number of carboxylic acid groups (broad SMARTS) is 1. The smallest absolute Gasteiger partial charge is 0.365 e. The SMILES string of the molecule is CCCCCCCCCCCCCCCCCCCCC[N+](C)(C)C(C)(C)C(=O)O. The summed E-state index contributed by atoms with van der Waals surface area (Å²) in [5, 5.41) is 9.42. The van der Waals surface area contributed by atoms with E-state index in [1.54, 1.807) is 0 Å². The van der Waals surface area contributed by atoms with E-state index >= 15 is 0 Å². The molecule has 3 heteroatoms. The van der Waals surface area contributed by atoms with E-state index in [1.807, 2.05) is 27.9 Å². The van der Waals surface area contributed by atoms with E-state index in [0.29, 0.717) is 4.48 Å². The lowest BCUT2D eigenvalue weighted by Gasteiger charge is -2.41. The minimum absolute atomic E-state index is 0.557. The highest BCUT2D eigenvalue weighted by molar-refractivity contribution is 5.76. The van der Waals surface area contributed by atoms with Gasteiger partial charge in [0.25, 0.3) is 0 Å². The summed E-state index contributed by atoms with van der Waals surface area (Å²) in [4.78, 5) is 11.5. The van der Waals surface area contributed by atoms with Crippen LogP contribution in [-0.2, 0) is 4.79 Å². The molecule has 0 radical (unpaired) electrons. The molecule has 0 atom stereocenters. The standard InChI is InChI=1S/C27H55NO2/c1-6-7-8-9-10-11-12-13-14-15-16-17-18-19-20-21-22-23-24-25-28(4,5)27(2,3)26(29)30/h6-25H2,1-5H3/p+1. The van der Waals surface area contributed by atoms with Crippen LogP contribution >= 0.6 is 0 Å². The zero-order valence-corrected chi connectivity index (χ0v) is 21.4. The van der Waals surface area contributed by atoms with Crippen molar-refractivity contribution in [1.29, 1.82) is 0 Å².